The van der Waals surface area contributed by atoms with E-state index in [-0.39, 0.29) is 0 Å². The van der Waals surface area contributed by atoms with Crippen LogP contribution in [0.25, 0.3) is 0 Å². The van der Waals surface area contributed by atoms with Gasteiger partial charge in [-0.3, -0.25) is 62.3 Å². The Kier molecular flexibility index (Phi) is 39.6. The summed E-state index contributed by atoms with van der Waals surface area (Å²) in [5, 5.41) is 172. The molecule has 0 fully saturated rings. The van der Waals surface area contributed by atoms with Gasteiger partial charge in [-0.25, -0.2) is 4.79 Å². The standard InChI is InChI=1S/C63H107N7O29/c1-22(23(2)71)56(91)64-49(30(9)78)43(85)16-37(24(3)72)57(92)65-50(31(10)79)44(86)17-38(25(4)73)58(93)66-51(32(11)80)45(87)18-39(26(5)74)59(94)67-52(33(12)81)46(88)19-40(27(6)75)60(95)68-53(34(13)82)47(89)20-41(28(7)76)61(96)69-54(35(14)83)48(90)21-42(29(8)77)62(97)70-55(36(15)84)63(98)99/h22-42,49-55,71-84H,16-21H2,1-15H3,(H,64,91)(H,65,92)(H,66,93)(H,67,94)(H,68,95)(H,69,96)(H,70,97)(H,98,99). The van der Waals surface area contributed by atoms with Gasteiger partial charge in [0.15, 0.2) is 40.7 Å². The molecule has 22 N–H and O–H groups in total. The van der Waals surface area contributed by atoms with Crippen LogP contribution in [0.2, 0.25) is 0 Å². The molecule has 0 aromatic rings. The highest BCUT2D eigenvalue weighted by molar-refractivity contribution is 6.00. The Morgan fingerprint density at radius 1 is 0.202 bits per heavy atom. The van der Waals surface area contributed by atoms with Crippen molar-refractivity contribution in [3.63, 3.8) is 0 Å². The van der Waals surface area contributed by atoms with E-state index in [1.807, 2.05) is 5.32 Å². The number of amides is 7. The van der Waals surface area contributed by atoms with Crippen molar-refractivity contribution in [3.05, 3.63) is 0 Å². The van der Waals surface area contributed by atoms with E-state index in [9.17, 15) is 144 Å². The van der Waals surface area contributed by atoms with E-state index in [0.717, 1.165) is 90.0 Å². The molecule has 0 aromatic heterocycles. The summed E-state index contributed by atoms with van der Waals surface area (Å²) in [7, 11) is 0. The smallest absolute Gasteiger partial charge is 0.328 e. The summed E-state index contributed by atoms with van der Waals surface area (Å²) in [6, 6.07) is -13.3. The van der Waals surface area contributed by atoms with Crippen molar-refractivity contribution in [1.29, 1.82) is 0 Å². The summed E-state index contributed by atoms with van der Waals surface area (Å²) in [5.41, 5.74) is 0. The van der Waals surface area contributed by atoms with E-state index < -0.39 is 290 Å². The van der Waals surface area contributed by atoms with Crippen LogP contribution >= 0.6 is 0 Å². The molecule has 99 heavy (non-hydrogen) atoms. The third-order valence-electron chi connectivity index (χ3n) is 17.0. The zero-order chi connectivity index (χ0) is 77.4. The van der Waals surface area contributed by atoms with Gasteiger partial charge in [0.2, 0.25) is 41.4 Å². The van der Waals surface area contributed by atoms with E-state index in [1.54, 1.807) is 0 Å². The fourth-order valence-corrected chi connectivity index (χ4v) is 10.2. The lowest BCUT2D eigenvalue weighted by Gasteiger charge is -2.30. The molecule has 36 heteroatoms. The topological polar surface area (TPSA) is 627 Å². The van der Waals surface area contributed by atoms with Gasteiger partial charge in [-0.2, -0.15) is 0 Å². The van der Waals surface area contributed by atoms with Crippen LogP contribution in [-0.2, 0) is 67.1 Å². The van der Waals surface area contributed by atoms with Gasteiger partial charge in [-0.1, -0.05) is 6.92 Å². The minimum Gasteiger partial charge on any atom is -0.480 e. The second-order valence-electron chi connectivity index (χ2n) is 26.1. The van der Waals surface area contributed by atoms with Gasteiger partial charge >= 0.3 is 5.97 Å². The number of rotatable bonds is 47. The van der Waals surface area contributed by atoms with Crippen molar-refractivity contribution >= 4 is 82.0 Å². The number of aliphatic hydroxyl groups excluding tert-OH is 14. The Morgan fingerprint density at radius 2 is 0.333 bits per heavy atom. The van der Waals surface area contributed by atoms with E-state index in [1.165, 1.54) is 13.8 Å². The molecule has 0 spiro atoms. The highest BCUT2D eigenvalue weighted by atomic mass is 16.4. The molecule has 0 heterocycles. The second-order valence-corrected chi connectivity index (χ2v) is 26.1. The predicted molar refractivity (Wildman–Crippen MR) is 343 cm³/mol. The lowest BCUT2D eigenvalue weighted by atomic mass is 9.88. The number of carbonyl (C=O) groups is 14. The number of aliphatic hydroxyl groups is 14. The summed E-state index contributed by atoms with van der Waals surface area (Å²) >= 11 is 0. The number of nitrogens with one attached hydrogen (secondary N) is 7. The molecule has 7 amide bonds. The van der Waals surface area contributed by atoms with Gasteiger partial charge in [0.25, 0.3) is 0 Å². The minimum atomic E-state index is -2.01. The first-order chi connectivity index (χ1) is 45.4. The zero-order valence-corrected chi connectivity index (χ0v) is 58.3. The number of carboxylic acids is 1. The van der Waals surface area contributed by atoms with Crippen LogP contribution in [0.5, 0.6) is 0 Å². The van der Waals surface area contributed by atoms with Gasteiger partial charge in [0.1, 0.15) is 36.3 Å². The average Bonchev–Trinajstić information content (AvgIpc) is 0.873. The molecular weight excluding hydrogens is 1320 g/mol. The molecule has 568 valence electrons. The van der Waals surface area contributed by atoms with E-state index in [2.05, 4.69) is 31.9 Å². The molecule has 0 aliphatic rings. The third-order valence-corrected chi connectivity index (χ3v) is 17.0. The summed E-state index contributed by atoms with van der Waals surface area (Å²) < 4.78 is 0. The maximum absolute atomic E-state index is 14.0. The molecule has 28 atom stereocenters. The molecule has 0 radical (unpaired) electrons. The average molecular weight is 1430 g/mol. The SMILES string of the molecule is CC(O)C(C)C(=O)NC(C(=O)CC(C(=O)NC(C(=O)CC(C(=O)NC(C(=O)CC(C(=O)NC(C(=O)CC(C(=O)NC(C(=O)CC(C(=O)NC(C(=O)CC(C(=O)NC(C(=O)O)C(C)O)C(C)O)C(C)O)C(C)O)C(C)O)C(C)O)C(C)O)C(C)O)C(C)O)C(C)O)C(C)O)C(C)O)C(C)O. The van der Waals surface area contributed by atoms with Crippen LogP contribution in [0.3, 0.4) is 0 Å². The van der Waals surface area contributed by atoms with Gasteiger partial charge < -0.3 is 114 Å². The largest absolute Gasteiger partial charge is 0.480 e. The maximum Gasteiger partial charge on any atom is 0.328 e. The van der Waals surface area contributed by atoms with Crippen molar-refractivity contribution in [3.8, 4) is 0 Å². The Labute approximate surface area is 572 Å². The van der Waals surface area contributed by atoms with Crippen LogP contribution < -0.4 is 37.2 Å². The number of aliphatic carboxylic acids is 1. The molecule has 0 aliphatic heterocycles. The summed E-state index contributed by atoms with van der Waals surface area (Å²) in [4.78, 5) is 189. The van der Waals surface area contributed by atoms with E-state index in [4.69, 9.17) is 0 Å². The Morgan fingerprint density at radius 3 is 0.444 bits per heavy atom. The maximum atomic E-state index is 14.0. The van der Waals surface area contributed by atoms with Crippen molar-refractivity contribution in [2.45, 2.75) is 270 Å². The highest BCUT2D eigenvalue weighted by Gasteiger charge is 2.44. The number of carboxylic acid groups (broad SMARTS) is 1. The zero-order valence-electron chi connectivity index (χ0n) is 58.3. The number of Topliss-reactive ketones (excluding diaryl/α,β-unsaturated/α-hetero) is 6. The lowest BCUT2D eigenvalue weighted by Crippen LogP contribution is -2.56. The fraction of sp³-hybridized carbons (Fsp3) is 0.778. The van der Waals surface area contributed by atoms with Crippen LogP contribution in [0.4, 0.5) is 0 Å². The van der Waals surface area contributed by atoms with Gasteiger partial charge in [-0.05, 0) is 96.9 Å². The quantitative estimate of drug-likeness (QED) is 0.0269. The first kappa shape index (κ1) is 92.2. The van der Waals surface area contributed by atoms with Gasteiger partial charge in [0, 0.05) is 38.5 Å². The Hall–Kier alpha value is -6.78. The number of hydrogen-bond acceptors (Lipinski definition) is 28. The molecule has 0 saturated heterocycles. The number of hydrogen-bond donors (Lipinski definition) is 22. The van der Waals surface area contributed by atoms with Crippen LogP contribution in [0.15, 0.2) is 0 Å². The molecule has 0 aliphatic carbocycles. The van der Waals surface area contributed by atoms with Crippen molar-refractivity contribution in [2.75, 3.05) is 0 Å². The first-order valence-corrected chi connectivity index (χ1v) is 32.4. The van der Waals surface area contributed by atoms with Crippen molar-refractivity contribution < 1.29 is 144 Å². The molecule has 0 rings (SSSR count). The molecule has 28 unspecified atom stereocenters. The molecule has 0 saturated carbocycles. The van der Waals surface area contributed by atoms with Crippen molar-refractivity contribution in [2.24, 2.45) is 41.4 Å². The van der Waals surface area contributed by atoms with Crippen LogP contribution in [0, 0.1) is 41.4 Å². The monoisotopic (exact) mass is 1430 g/mol. The fourth-order valence-electron chi connectivity index (χ4n) is 10.2. The third kappa shape index (κ3) is 29.4. The summed E-state index contributed by atoms with van der Waals surface area (Å²) in [5.74, 6) is -28.6. The molecular formula is C63H107N7O29. The highest BCUT2D eigenvalue weighted by Crippen LogP contribution is 2.23. The normalized spacial score (nSPS) is 20.3. The molecule has 0 aromatic carbocycles. The van der Waals surface area contributed by atoms with E-state index >= 15 is 0 Å². The molecule has 36 nitrogen and oxygen atoms in total. The number of carbonyl (C=O) groups excluding carboxylic acids is 13. The Balaban J connectivity index is 6.58. The van der Waals surface area contributed by atoms with Crippen molar-refractivity contribution in [1.82, 2.24) is 37.2 Å². The van der Waals surface area contributed by atoms with Gasteiger partial charge in [0.05, 0.1) is 127 Å². The van der Waals surface area contributed by atoms with Crippen LogP contribution in [-0.4, -0.2) is 286 Å². The Bertz CT molecular complexity index is 2750. The first-order valence-electron chi connectivity index (χ1n) is 32.4. The predicted octanol–water partition coefficient (Wildman–Crippen LogP) is -8.12. The minimum absolute atomic E-state index is 0.828. The summed E-state index contributed by atoms with van der Waals surface area (Å²) in [6.45, 7) is 16.2. The molecule has 0 bridgehead atoms. The van der Waals surface area contributed by atoms with Gasteiger partial charge in [-0.15, -0.1) is 0 Å². The second kappa shape index (κ2) is 42.5. The van der Waals surface area contributed by atoms with E-state index in [0.29, 0.717) is 0 Å². The lowest BCUT2D eigenvalue weighted by molar-refractivity contribution is -0.147. The summed E-state index contributed by atoms with van der Waals surface area (Å²) in [6.07, 6.45) is -29.6. The van der Waals surface area contributed by atoms with Crippen LogP contribution in [0.1, 0.15) is 142 Å². The number of ketones is 6.